The predicted molar refractivity (Wildman–Crippen MR) is 72.4 cm³/mol. The summed E-state index contributed by atoms with van der Waals surface area (Å²) >= 11 is 5.85. The number of rotatable bonds is 3. The van der Waals surface area contributed by atoms with Gasteiger partial charge in [-0.2, -0.15) is 0 Å². The average Bonchev–Trinajstić information content (AvgIpc) is 3.21. The van der Waals surface area contributed by atoms with Gasteiger partial charge in [-0.1, -0.05) is 23.7 Å². The highest BCUT2D eigenvalue weighted by Gasteiger charge is 2.46. The van der Waals surface area contributed by atoms with Crippen LogP contribution in [0.2, 0.25) is 5.02 Å². The van der Waals surface area contributed by atoms with Gasteiger partial charge in [-0.15, -0.1) is 0 Å². The van der Waals surface area contributed by atoms with Gasteiger partial charge in [0.05, 0.1) is 4.92 Å². The number of hydrogen-bond acceptors (Lipinski definition) is 3. The Morgan fingerprint density at radius 2 is 2.05 bits per heavy atom. The van der Waals surface area contributed by atoms with Crippen LogP contribution in [-0.4, -0.2) is 9.91 Å². The zero-order chi connectivity index (χ0) is 13.5. The lowest BCUT2D eigenvalue weighted by Gasteiger charge is -2.15. The third kappa shape index (κ3) is 1.98. The maximum atomic E-state index is 11.0. The van der Waals surface area contributed by atoms with Crippen LogP contribution in [0, 0.1) is 10.1 Å². The van der Waals surface area contributed by atoms with Crippen molar-refractivity contribution in [2.75, 3.05) is 0 Å². The summed E-state index contributed by atoms with van der Waals surface area (Å²) < 4.78 is 0. The van der Waals surface area contributed by atoms with Crippen LogP contribution in [0.1, 0.15) is 24.0 Å². The highest BCUT2D eigenvalue weighted by Crippen LogP contribution is 2.54. The zero-order valence-electron chi connectivity index (χ0n) is 10.0. The molecule has 1 fully saturated rings. The number of nitro groups is 1. The second-order valence-corrected chi connectivity index (χ2v) is 5.15. The van der Waals surface area contributed by atoms with Gasteiger partial charge in [-0.3, -0.25) is 15.1 Å². The van der Waals surface area contributed by atoms with Crippen molar-refractivity contribution in [3.8, 4) is 0 Å². The first-order valence-corrected chi connectivity index (χ1v) is 6.36. The van der Waals surface area contributed by atoms with Crippen LogP contribution in [0.15, 0.2) is 42.7 Å². The largest absolute Gasteiger partial charge is 0.288 e. The van der Waals surface area contributed by atoms with Crippen LogP contribution < -0.4 is 0 Å². The van der Waals surface area contributed by atoms with E-state index in [2.05, 4.69) is 4.98 Å². The van der Waals surface area contributed by atoms with E-state index in [1.165, 1.54) is 0 Å². The van der Waals surface area contributed by atoms with E-state index in [4.69, 9.17) is 11.6 Å². The molecule has 1 aromatic heterocycles. The number of nitro benzene ring substituents is 1. The Morgan fingerprint density at radius 1 is 1.26 bits per heavy atom. The quantitative estimate of drug-likeness (QED) is 0.633. The first kappa shape index (κ1) is 12.1. The lowest BCUT2D eigenvalue weighted by Crippen LogP contribution is -2.09. The minimum atomic E-state index is -0.439. The summed E-state index contributed by atoms with van der Waals surface area (Å²) in [4.78, 5) is 14.7. The summed E-state index contributed by atoms with van der Waals surface area (Å²) in [5.41, 5.74) is 1.89. The average molecular weight is 275 g/mol. The van der Waals surface area contributed by atoms with Crippen molar-refractivity contribution < 1.29 is 4.92 Å². The van der Waals surface area contributed by atoms with Crippen LogP contribution in [0.25, 0.3) is 0 Å². The summed E-state index contributed by atoms with van der Waals surface area (Å²) in [6, 6.07) is 8.96. The first-order chi connectivity index (χ1) is 9.13. The Bertz CT molecular complexity index is 639. The summed E-state index contributed by atoms with van der Waals surface area (Å²) in [7, 11) is 0. The van der Waals surface area contributed by atoms with Crippen molar-refractivity contribution in [2.24, 2.45) is 0 Å². The van der Waals surface area contributed by atoms with Crippen LogP contribution in [0.4, 0.5) is 5.69 Å². The number of halogens is 1. The van der Waals surface area contributed by atoms with E-state index in [1.807, 2.05) is 24.4 Å². The molecule has 1 aromatic carbocycles. The van der Waals surface area contributed by atoms with Crippen LogP contribution in [-0.2, 0) is 5.41 Å². The van der Waals surface area contributed by atoms with Crippen molar-refractivity contribution in [1.29, 1.82) is 0 Å². The number of pyridine rings is 1. The smallest absolute Gasteiger partial charge is 0.264 e. The van der Waals surface area contributed by atoms with E-state index < -0.39 is 4.92 Å². The molecular weight excluding hydrogens is 264 g/mol. The van der Waals surface area contributed by atoms with E-state index in [-0.39, 0.29) is 16.1 Å². The van der Waals surface area contributed by atoms with Gasteiger partial charge in [0.15, 0.2) is 0 Å². The number of hydrogen-bond donors (Lipinski definition) is 0. The maximum absolute atomic E-state index is 11.0. The Kier molecular flexibility index (Phi) is 2.75. The van der Waals surface area contributed by atoms with E-state index in [1.54, 1.807) is 18.3 Å². The van der Waals surface area contributed by atoms with Crippen molar-refractivity contribution in [3.05, 3.63) is 69.0 Å². The molecule has 0 atom stereocenters. The maximum Gasteiger partial charge on any atom is 0.288 e. The second kappa shape index (κ2) is 4.31. The Morgan fingerprint density at radius 3 is 2.63 bits per heavy atom. The molecule has 0 radical (unpaired) electrons. The van der Waals surface area contributed by atoms with Gasteiger partial charge in [-0.25, -0.2) is 0 Å². The second-order valence-electron chi connectivity index (χ2n) is 4.75. The normalized spacial score (nSPS) is 16.1. The molecule has 19 heavy (non-hydrogen) atoms. The van der Waals surface area contributed by atoms with Gasteiger partial charge < -0.3 is 0 Å². The molecule has 1 aliphatic rings. The van der Waals surface area contributed by atoms with Crippen molar-refractivity contribution in [2.45, 2.75) is 18.3 Å². The van der Waals surface area contributed by atoms with Crippen molar-refractivity contribution >= 4 is 17.3 Å². The summed E-state index contributed by atoms with van der Waals surface area (Å²) in [5.74, 6) is 0. The van der Waals surface area contributed by atoms with E-state index >= 15 is 0 Å². The molecule has 0 bridgehead atoms. The summed E-state index contributed by atoms with van der Waals surface area (Å²) in [5, 5.41) is 11.1. The molecule has 0 N–H and O–H groups in total. The molecule has 0 unspecified atom stereocenters. The fourth-order valence-electron chi connectivity index (χ4n) is 2.47. The van der Waals surface area contributed by atoms with Gasteiger partial charge in [0, 0.05) is 23.9 Å². The van der Waals surface area contributed by atoms with Crippen molar-refractivity contribution in [3.63, 3.8) is 0 Å². The Hall–Kier alpha value is -1.94. The van der Waals surface area contributed by atoms with Gasteiger partial charge in [0.1, 0.15) is 5.02 Å². The van der Waals surface area contributed by atoms with Crippen LogP contribution in [0.3, 0.4) is 0 Å². The van der Waals surface area contributed by atoms with Crippen LogP contribution >= 0.6 is 11.6 Å². The first-order valence-electron chi connectivity index (χ1n) is 5.98. The molecule has 1 heterocycles. The molecule has 4 nitrogen and oxygen atoms in total. The third-order valence-electron chi connectivity index (χ3n) is 3.66. The lowest BCUT2D eigenvalue weighted by atomic mass is 9.89. The fourth-order valence-corrected chi connectivity index (χ4v) is 2.65. The number of aromatic nitrogens is 1. The summed E-state index contributed by atoms with van der Waals surface area (Å²) in [6.45, 7) is 0. The lowest BCUT2D eigenvalue weighted by molar-refractivity contribution is -0.384. The van der Waals surface area contributed by atoms with Crippen LogP contribution in [0.5, 0.6) is 0 Å². The standard InChI is InChI=1S/C14H11ClN2O2/c15-12-4-3-10(8-13(12)17(18)19)14(5-6-14)11-2-1-7-16-9-11/h1-4,7-9H,5-6H2. The minimum Gasteiger partial charge on any atom is -0.264 e. The number of nitrogens with zero attached hydrogens (tertiary/aromatic N) is 2. The monoisotopic (exact) mass is 274 g/mol. The molecule has 3 rings (SSSR count). The van der Waals surface area contributed by atoms with E-state index in [0.29, 0.717) is 0 Å². The Balaban J connectivity index is 2.08. The molecule has 0 saturated heterocycles. The molecule has 0 spiro atoms. The number of benzene rings is 1. The SMILES string of the molecule is O=[N+]([O-])c1cc(C2(c3cccnc3)CC2)ccc1Cl. The molecule has 2 aromatic rings. The zero-order valence-corrected chi connectivity index (χ0v) is 10.8. The molecule has 1 aliphatic carbocycles. The van der Waals surface area contributed by atoms with Crippen molar-refractivity contribution in [1.82, 2.24) is 4.98 Å². The summed E-state index contributed by atoms with van der Waals surface area (Å²) in [6.07, 6.45) is 5.52. The van der Waals surface area contributed by atoms with Gasteiger partial charge in [-0.05, 0) is 36.1 Å². The molecule has 5 heteroatoms. The van der Waals surface area contributed by atoms with Gasteiger partial charge >= 0.3 is 0 Å². The highest BCUT2D eigenvalue weighted by atomic mass is 35.5. The third-order valence-corrected chi connectivity index (χ3v) is 3.98. The van der Waals surface area contributed by atoms with Gasteiger partial charge in [0.2, 0.25) is 0 Å². The molecule has 0 amide bonds. The fraction of sp³-hybridized carbons (Fsp3) is 0.214. The minimum absolute atomic E-state index is 0.0330. The molecule has 1 saturated carbocycles. The van der Waals surface area contributed by atoms with Gasteiger partial charge in [0.25, 0.3) is 5.69 Å². The van der Waals surface area contributed by atoms with E-state index in [0.717, 1.165) is 24.0 Å². The predicted octanol–water partition coefficient (Wildman–Crippen LogP) is 3.72. The Labute approximate surface area is 115 Å². The molecule has 0 aliphatic heterocycles. The molecular formula is C14H11ClN2O2. The highest BCUT2D eigenvalue weighted by molar-refractivity contribution is 6.32. The molecule has 96 valence electrons. The van der Waals surface area contributed by atoms with E-state index in [9.17, 15) is 10.1 Å². The topological polar surface area (TPSA) is 56.0 Å².